The number of anilines is 1. The van der Waals surface area contributed by atoms with Crippen molar-refractivity contribution in [3.8, 4) is 0 Å². The summed E-state index contributed by atoms with van der Waals surface area (Å²) in [6, 6.07) is 1.03. The van der Waals surface area contributed by atoms with Gasteiger partial charge < -0.3 is 15.5 Å². The van der Waals surface area contributed by atoms with E-state index in [2.05, 4.69) is 5.32 Å². The van der Waals surface area contributed by atoms with Crippen LogP contribution >= 0.6 is 11.6 Å². The van der Waals surface area contributed by atoms with E-state index in [0.717, 1.165) is 0 Å². The van der Waals surface area contributed by atoms with Gasteiger partial charge in [0.25, 0.3) is 5.69 Å². The predicted molar refractivity (Wildman–Crippen MR) is 70.1 cm³/mol. The topological polar surface area (TPSA) is 130 Å². The Hall–Kier alpha value is -2.35. The van der Waals surface area contributed by atoms with Crippen molar-refractivity contribution in [1.29, 1.82) is 0 Å². The van der Waals surface area contributed by atoms with Crippen LogP contribution in [0.3, 0.4) is 0 Å². The van der Waals surface area contributed by atoms with E-state index in [0.29, 0.717) is 5.56 Å². The van der Waals surface area contributed by atoms with Gasteiger partial charge in [-0.1, -0.05) is 11.6 Å². The maximum atomic E-state index is 10.9. The number of carbonyl (C=O) groups is 2. The molecule has 0 amide bonds. The summed E-state index contributed by atoms with van der Waals surface area (Å²) in [7, 11) is 0. The number of nitrogens with zero attached hydrogens (tertiary/aromatic N) is 1. The number of halogens is 1. The molecule has 0 radical (unpaired) electrons. The first kappa shape index (κ1) is 15.7. The predicted octanol–water partition coefficient (Wildman–Crippen LogP) is 1.90. The normalized spacial score (nSPS) is 11.7. The molecule has 0 aliphatic rings. The van der Waals surface area contributed by atoms with Crippen LogP contribution in [-0.2, 0) is 9.59 Å². The van der Waals surface area contributed by atoms with Gasteiger partial charge in [-0.15, -0.1) is 0 Å². The highest BCUT2D eigenvalue weighted by atomic mass is 35.5. The van der Waals surface area contributed by atoms with Crippen molar-refractivity contribution in [2.24, 2.45) is 0 Å². The third kappa shape index (κ3) is 3.82. The molecule has 8 nitrogen and oxygen atoms in total. The molecule has 1 unspecified atom stereocenters. The second-order valence-electron chi connectivity index (χ2n) is 4.01. The quantitative estimate of drug-likeness (QED) is 0.540. The number of benzene rings is 1. The second-order valence-corrected chi connectivity index (χ2v) is 4.42. The van der Waals surface area contributed by atoms with Gasteiger partial charge in [-0.05, 0) is 18.6 Å². The molecule has 3 N–H and O–H groups in total. The lowest BCUT2D eigenvalue weighted by molar-refractivity contribution is -0.384. The van der Waals surface area contributed by atoms with Crippen molar-refractivity contribution in [3.05, 3.63) is 32.8 Å². The van der Waals surface area contributed by atoms with Crippen LogP contribution in [0, 0.1) is 17.0 Å². The minimum absolute atomic E-state index is 0.164. The SMILES string of the molecule is Cc1cc([N+](=O)[O-])c(Cl)cc1NC(CC(=O)O)C(=O)O. The molecular formula is C11H11ClN2O6. The van der Waals surface area contributed by atoms with Gasteiger partial charge in [0.05, 0.1) is 11.3 Å². The fraction of sp³-hybridized carbons (Fsp3) is 0.273. The van der Waals surface area contributed by atoms with E-state index < -0.39 is 29.3 Å². The summed E-state index contributed by atoms with van der Waals surface area (Å²) >= 11 is 5.72. The Balaban J connectivity index is 3.08. The van der Waals surface area contributed by atoms with Crippen LogP contribution in [0.25, 0.3) is 0 Å². The molecule has 0 saturated carbocycles. The van der Waals surface area contributed by atoms with Crippen molar-refractivity contribution in [2.75, 3.05) is 5.32 Å². The number of hydrogen-bond acceptors (Lipinski definition) is 5. The largest absolute Gasteiger partial charge is 0.481 e. The third-order valence-corrected chi connectivity index (χ3v) is 2.80. The molecule has 9 heteroatoms. The van der Waals surface area contributed by atoms with Crippen LogP contribution in [0.15, 0.2) is 12.1 Å². The maximum Gasteiger partial charge on any atom is 0.326 e. The van der Waals surface area contributed by atoms with Crippen LogP contribution in [-0.4, -0.2) is 33.1 Å². The summed E-state index contributed by atoms with van der Waals surface area (Å²) in [5.74, 6) is -2.63. The van der Waals surface area contributed by atoms with Gasteiger partial charge in [0.2, 0.25) is 0 Å². The number of hydrogen-bond donors (Lipinski definition) is 3. The minimum atomic E-state index is -1.36. The van der Waals surface area contributed by atoms with Crippen LogP contribution in [0.2, 0.25) is 5.02 Å². The van der Waals surface area contributed by atoms with Crippen LogP contribution in [0.1, 0.15) is 12.0 Å². The molecule has 0 spiro atoms. The van der Waals surface area contributed by atoms with E-state index >= 15 is 0 Å². The lowest BCUT2D eigenvalue weighted by Gasteiger charge is -2.16. The maximum absolute atomic E-state index is 10.9. The summed E-state index contributed by atoms with van der Waals surface area (Å²) in [4.78, 5) is 31.6. The van der Waals surface area contributed by atoms with Gasteiger partial charge in [0, 0.05) is 11.8 Å². The van der Waals surface area contributed by atoms with E-state index in [9.17, 15) is 19.7 Å². The number of rotatable bonds is 6. The number of carboxylic acid groups (broad SMARTS) is 2. The van der Waals surface area contributed by atoms with Crippen LogP contribution in [0.4, 0.5) is 11.4 Å². The summed E-state index contributed by atoms with van der Waals surface area (Å²) in [5, 5.41) is 30.6. The molecule has 1 atom stereocenters. The van der Waals surface area contributed by atoms with Crippen molar-refractivity contribution in [2.45, 2.75) is 19.4 Å². The second kappa shape index (κ2) is 6.20. The van der Waals surface area contributed by atoms with E-state index in [-0.39, 0.29) is 16.4 Å². The Labute approximate surface area is 118 Å². The van der Waals surface area contributed by atoms with Crippen molar-refractivity contribution >= 4 is 34.9 Å². The molecule has 0 aromatic heterocycles. The molecule has 0 bridgehead atoms. The monoisotopic (exact) mass is 302 g/mol. The number of aryl methyl sites for hydroxylation is 1. The molecule has 0 aliphatic heterocycles. The Morgan fingerprint density at radius 1 is 1.45 bits per heavy atom. The molecule has 0 saturated heterocycles. The van der Waals surface area contributed by atoms with Crippen molar-refractivity contribution in [3.63, 3.8) is 0 Å². The first-order chi connectivity index (χ1) is 9.22. The van der Waals surface area contributed by atoms with E-state index in [4.69, 9.17) is 21.8 Å². The summed E-state index contributed by atoms with van der Waals surface area (Å²) in [5.41, 5.74) is 0.312. The highest BCUT2D eigenvalue weighted by molar-refractivity contribution is 6.33. The average Bonchev–Trinajstić information content (AvgIpc) is 2.31. The molecule has 1 aromatic carbocycles. The fourth-order valence-electron chi connectivity index (χ4n) is 1.52. The molecule has 0 fully saturated rings. The number of aliphatic carboxylic acids is 2. The Kier molecular flexibility index (Phi) is 4.87. The molecule has 0 heterocycles. The number of nitrogens with one attached hydrogen (secondary N) is 1. The number of nitro groups is 1. The molecule has 1 aromatic rings. The molecule has 0 aliphatic carbocycles. The molecule has 1 rings (SSSR count). The van der Waals surface area contributed by atoms with E-state index in [1.54, 1.807) is 0 Å². The zero-order chi connectivity index (χ0) is 15.4. The Morgan fingerprint density at radius 2 is 2.05 bits per heavy atom. The first-order valence-corrected chi connectivity index (χ1v) is 5.76. The van der Waals surface area contributed by atoms with Crippen LogP contribution in [0.5, 0.6) is 0 Å². The Morgan fingerprint density at radius 3 is 2.50 bits per heavy atom. The van der Waals surface area contributed by atoms with Gasteiger partial charge in [0.15, 0.2) is 0 Å². The third-order valence-electron chi connectivity index (χ3n) is 2.50. The highest BCUT2D eigenvalue weighted by Gasteiger charge is 2.23. The fourth-order valence-corrected chi connectivity index (χ4v) is 1.76. The minimum Gasteiger partial charge on any atom is -0.481 e. The zero-order valence-corrected chi connectivity index (χ0v) is 11.0. The van der Waals surface area contributed by atoms with Gasteiger partial charge in [0.1, 0.15) is 11.1 Å². The highest BCUT2D eigenvalue weighted by Crippen LogP contribution is 2.31. The summed E-state index contributed by atoms with van der Waals surface area (Å²) in [6.45, 7) is 1.52. The number of carboxylic acids is 2. The smallest absolute Gasteiger partial charge is 0.326 e. The lowest BCUT2D eigenvalue weighted by atomic mass is 10.1. The zero-order valence-electron chi connectivity index (χ0n) is 10.3. The van der Waals surface area contributed by atoms with Gasteiger partial charge in [-0.25, -0.2) is 4.79 Å². The Bertz CT molecular complexity index is 574. The molecule has 108 valence electrons. The molecular weight excluding hydrogens is 292 g/mol. The molecule has 20 heavy (non-hydrogen) atoms. The number of nitro benzene ring substituents is 1. The average molecular weight is 303 g/mol. The summed E-state index contributed by atoms with van der Waals surface area (Å²) < 4.78 is 0. The van der Waals surface area contributed by atoms with Crippen molar-refractivity contribution < 1.29 is 24.7 Å². The van der Waals surface area contributed by atoms with Gasteiger partial charge in [-0.3, -0.25) is 14.9 Å². The van der Waals surface area contributed by atoms with Crippen molar-refractivity contribution in [1.82, 2.24) is 0 Å². The summed E-state index contributed by atoms with van der Waals surface area (Å²) in [6.07, 6.45) is -0.636. The van der Waals surface area contributed by atoms with Gasteiger partial charge in [-0.2, -0.15) is 0 Å². The van der Waals surface area contributed by atoms with E-state index in [1.165, 1.54) is 19.1 Å². The van der Waals surface area contributed by atoms with Gasteiger partial charge >= 0.3 is 11.9 Å². The standard InChI is InChI=1S/C11H11ClN2O6/c1-5-2-9(14(19)20)6(12)3-7(5)13-8(11(17)18)4-10(15)16/h2-3,8,13H,4H2,1H3,(H,15,16)(H,17,18). The first-order valence-electron chi connectivity index (χ1n) is 5.38. The lowest BCUT2D eigenvalue weighted by Crippen LogP contribution is -2.32. The van der Waals surface area contributed by atoms with Crippen LogP contribution < -0.4 is 5.32 Å². The van der Waals surface area contributed by atoms with E-state index in [1.807, 2.05) is 0 Å².